The summed E-state index contributed by atoms with van der Waals surface area (Å²) in [6.45, 7) is 18.2. The van der Waals surface area contributed by atoms with E-state index in [0.717, 1.165) is 0 Å². The number of primary amides is 1. The molecule has 0 bridgehead atoms. The third-order valence-electron chi connectivity index (χ3n) is 21.2. The van der Waals surface area contributed by atoms with E-state index in [9.17, 15) is 62.6 Å². The van der Waals surface area contributed by atoms with Crippen molar-refractivity contribution < 1.29 is 86.3 Å². The lowest BCUT2D eigenvalue weighted by molar-refractivity contribution is -0.148. The van der Waals surface area contributed by atoms with Crippen LogP contribution in [0.2, 0.25) is 0 Å². The van der Waals surface area contributed by atoms with E-state index < -0.39 is 150 Å². The number of nitrogens with two attached hydrogens (primary N) is 1. The Morgan fingerprint density at radius 1 is 0.615 bits per heavy atom. The molecule has 3 heterocycles. The number of rotatable bonds is 52. The maximum atomic E-state index is 14.9. The van der Waals surface area contributed by atoms with Crippen LogP contribution in [-0.2, 0) is 90.0 Å². The number of anilines is 1. The third-order valence-corrected chi connectivity index (χ3v) is 23.5. The molecule has 33 nitrogen and oxygen atoms in total. The number of carbonyl (C=O) groups is 12. The highest BCUT2D eigenvalue weighted by molar-refractivity contribution is 9.09. The summed E-state index contributed by atoms with van der Waals surface area (Å²) in [5.41, 5.74) is 10.1. The molecule has 676 valence electrons. The molecule has 12 atom stereocenters. The van der Waals surface area contributed by atoms with Crippen LogP contribution in [0.3, 0.4) is 0 Å². The van der Waals surface area contributed by atoms with E-state index in [1.54, 1.807) is 133 Å². The first kappa shape index (κ1) is 104. The van der Waals surface area contributed by atoms with E-state index in [1.807, 2.05) is 32.0 Å². The number of benzene rings is 2. The van der Waals surface area contributed by atoms with Crippen molar-refractivity contribution in [1.82, 2.24) is 67.2 Å². The summed E-state index contributed by atoms with van der Waals surface area (Å²) in [5.74, 6) is -7.88. The van der Waals surface area contributed by atoms with Crippen molar-refractivity contribution in [3.63, 3.8) is 0 Å². The van der Waals surface area contributed by atoms with Gasteiger partial charge in [0, 0.05) is 106 Å². The first-order valence-corrected chi connectivity index (χ1v) is 45.7. The predicted octanol–water partition coefficient (Wildman–Crippen LogP) is 7.98. The molecule has 37 heteroatoms. The van der Waals surface area contributed by atoms with Crippen LogP contribution >= 0.6 is 63.7 Å². The summed E-state index contributed by atoms with van der Waals surface area (Å²) >= 11 is 13.6. The molecular weight excluding hydrogens is 1840 g/mol. The summed E-state index contributed by atoms with van der Waals surface area (Å²) in [5, 5.41) is 37.8. The molecule has 12 unspecified atom stereocenters. The van der Waals surface area contributed by atoms with Gasteiger partial charge in [-0.1, -0.05) is 175 Å². The molecule has 1 fully saturated rings. The molecule has 5 rings (SSSR count). The topological polar surface area (TPSA) is 441 Å². The van der Waals surface area contributed by atoms with Crippen molar-refractivity contribution in [2.24, 2.45) is 41.2 Å². The van der Waals surface area contributed by atoms with Crippen molar-refractivity contribution >= 4 is 141 Å². The number of amides is 13. The molecule has 1 aliphatic rings. The average Bonchev–Trinajstić information content (AvgIpc) is 1.32. The predicted molar refractivity (Wildman–Crippen MR) is 475 cm³/mol. The van der Waals surface area contributed by atoms with Crippen LogP contribution in [0.1, 0.15) is 175 Å². The second-order valence-corrected chi connectivity index (χ2v) is 33.6. The highest BCUT2D eigenvalue weighted by atomic mass is 79.9. The summed E-state index contributed by atoms with van der Waals surface area (Å²) in [6, 6.07) is 15.0. The van der Waals surface area contributed by atoms with Crippen LogP contribution < -0.4 is 53.6 Å². The third kappa shape index (κ3) is 33.0. The number of hydrogen-bond acceptors (Lipinski definition) is 20. The molecule has 122 heavy (non-hydrogen) atoms. The number of aromatic nitrogens is 2. The van der Waals surface area contributed by atoms with Gasteiger partial charge in [0.25, 0.3) is 11.8 Å². The van der Waals surface area contributed by atoms with Crippen molar-refractivity contribution in [3.05, 3.63) is 124 Å². The number of hydrogen-bond donors (Lipinski definition) is 11. The van der Waals surface area contributed by atoms with Crippen LogP contribution in [-0.4, -0.2) is 243 Å². The lowest BCUT2D eigenvalue weighted by atomic mass is 9.89. The quantitative estimate of drug-likeness (QED) is 0.0147. The number of nitrogens with one attached hydrogen (secondary N) is 9. The highest BCUT2D eigenvalue weighted by Gasteiger charge is 2.44. The molecule has 12 N–H and O–H groups in total. The Hall–Kier alpha value is -8.30. The van der Waals surface area contributed by atoms with Crippen LogP contribution in [0.25, 0.3) is 0 Å². The number of nitrogens with zero attached hydrogens (tertiary/aromatic N) is 5. The molecule has 2 aromatic carbocycles. The molecule has 13 amide bonds. The van der Waals surface area contributed by atoms with Gasteiger partial charge >= 0.3 is 12.1 Å². The minimum atomic E-state index is -1.17. The largest absolute Gasteiger partial charge is 0.445 e. The van der Waals surface area contributed by atoms with Crippen molar-refractivity contribution in [1.29, 1.82) is 0 Å². The first-order valence-electron chi connectivity index (χ1n) is 41.2. The van der Waals surface area contributed by atoms with Gasteiger partial charge in [-0.15, -0.1) is 0 Å². The number of pyridine rings is 2. The smallest absolute Gasteiger partial charge is 0.410 e. The van der Waals surface area contributed by atoms with E-state index >= 15 is 0 Å². The fourth-order valence-electron chi connectivity index (χ4n) is 14.3. The van der Waals surface area contributed by atoms with Crippen LogP contribution in [0.15, 0.2) is 78.9 Å². The van der Waals surface area contributed by atoms with Crippen LogP contribution in [0.4, 0.5) is 15.3 Å². The number of aliphatic hydroxyl groups excluding tert-OH is 1. The lowest BCUT2D eigenvalue weighted by Gasteiger charge is -2.41. The Bertz CT molecular complexity index is 3950. The molecule has 0 aliphatic carbocycles. The highest BCUT2D eigenvalue weighted by Crippen LogP contribution is 2.31. The van der Waals surface area contributed by atoms with Gasteiger partial charge in [0.2, 0.25) is 47.3 Å². The number of methoxy groups -OCH3 is 2. The molecule has 2 aromatic heterocycles. The number of likely N-dealkylation sites (tertiary alicyclic amines) is 1. The maximum absolute atomic E-state index is 14.9. The van der Waals surface area contributed by atoms with E-state index in [1.165, 1.54) is 26.2 Å². The molecule has 1 aliphatic heterocycles. The van der Waals surface area contributed by atoms with Gasteiger partial charge in [-0.25, -0.2) is 9.59 Å². The number of ether oxygens (including phenoxy) is 5. The lowest BCUT2D eigenvalue weighted by Crippen LogP contribution is -2.60. The maximum Gasteiger partial charge on any atom is 0.410 e. The number of carbonyl (C=O) groups excluding carboxylic acids is 12. The van der Waals surface area contributed by atoms with Crippen LogP contribution in [0, 0.1) is 35.5 Å². The van der Waals surface area contributed by atoms with Crippen LogP contribution in [0.5, 0.6) is 0 Å². The Balaban J connectivity index is 1.11. The standard InChI is InChI=1S/C85H125Br4N15O18/c1-15-52(8)73(67(118-13)41-69(106)104-32-20-24-66(104)75(119-14)53(9)76(108)95-54(10)74(107)56-21-17-16-18-22-56)102(11)83(115)71(50(4)5)101-82(114)72(51(6)7)103(12)85(117)122-48-55-25-27-60(28-26-55)98-80(112)65(23-19-30-92-84(90)116)99-81(113)70(49(2)3)100-68(105)29-33-120-35-36-121-34-31-91-79(111)59(46-93-77(109)57-37-61(42-86)96-62(38-57)43-87)47-94-78(110)58-39-63(44-88)97-64(40-58)45-89/h16-18,21-22,25-28,37-40,49-54,59,65-67,70-75,107H,15,19-20,23-24,29-36,41-48H2,1-14H3,(H,91,111)(H,93,109)(H,94,110)(H,95,108)(H,98,112)(H,99,113)(H,100,105)(H,101,114)(H3,90,92,116). The Labute approximate surface area is 749 Å². The fourth-order valence-corrected chi connectivity index (χ4v) is 15.4. The SMILES string of the molecule is CCC(C)C(C(CC(=O)N1CCCC1C(OC)C(C)C(=O)NC(C)C(O)c1ccccc1)OC)N(C)C(=O)C(NC(=O)C(C(C)C)N(C)C(=O)OCc1ccc(NC(=O)C(CCCNC(N)=O)NC(=O)C(NC(=O)CCOCCOCCNC(=O)C(CNC(=O)c2cc(CBr)nc(CBr)c2)CNC(=O)c2cc(CBr)nc(CBr)c2)C(C)C)cc1)C(C)C. The van der Waals surface area contributed by atoms with Gasteiger partial charge in [-0.3, -0.25) is 62.8 Å². The average molecular weight is 1960 g/mol. The van der Waals surface area contributed by atoms with Gasteiger partial charge in [0.15, 0.2) is 0 Å². The van der Waals surface area contributed by atoms with Gasteiger partial charge in [-0.05, 0) is 104 Å². The fraction of sp³-hybridized carbons (Fsp3) is 0.600. The molecule has 4 aromatic rings. The van der Waals surface area contributed by atoms with Gasteiger partial charge in [-0.2, -0.15) is 0 Å². The minimum Gasteiger partial charge on any atom is -0.445 e. The molecule has 0 radical (unpaired) electrons. The first-order chi connectivity index (χ1) is 58.1. The zero-order chi connectivity index (χ0) is 90.4. The summed E-state index contributed by atoms with van der Waals surface area (Å²) in [7, 11) is 6.06. The normalized spacial score (nSPS) is 15.4. The number of aliphatic hydroxyl groups is 1. The van der Waals surface area contributed by atoms with Crippen molar-refractivity contribution in [2.45, 2.75) is 203 Å². The van der Waals surface area contributed by atoms with E-state index in [2.05, 4.69) is 122 Å². The number of likely N-dealkylation sites (N-methyl/N-ethyl adjacent to an activating group) is 2. The minimum absolute atomic E-state index is 0.0430. The van der Waals surface area contributed by atoms with E-state index in [4.69, 9.17) is 29.4 Å². The van der Waals surface area contributed by atoms with E-state index in [0.29, 0.717) is 97.8 Å². The summed E-state index contributed by atoms with van der Waals surface area (Å²) in [6.07, 6.45) is -1.40. The zero-order valence-corrected chi connectivity index (χ0v) is 78.6. The number of urea groups is 1. The van der Waals surface area contributed by atoms with E-state index in [-0.39, 0.29) is 103 Å². The van der Waals surface area contributed by atoms with Gasteiger partial charge in [0.05, 0.1) is 104 Å². The molecule has 1 saturated heterocycles. The number of halogens is 4. The summed E-state index contributed by atoms with van der Waals surface area (Å²) in [4.78, 5) is 178. The zero-order valence-electron chi connectivity index (χ0n) is 72.3. The Morgan fingerprint density at radius 3 is 1.70 bits per heavy atom. The second kappa shape index (κ2) is 53.8. The second-order valence-electron chi connectivity index (χ2n) is 31.4. The number of alkyl halides is 4. The van der Waals surface area contributed by atoms with Gasteiger partial charge < -0.3 is 92.2 Å². The molecular formula is C85H125Br4N15O18. The van der Waals surface area contributed by atoms with Gasteiger partial charge in [0.1, 0.15) is 30.8 Å². The summed E-state index contributed by atoms with van der Waals surface area (Å²) < 4.78 is 29.2. The van der Waals surface area contributed by atoms with Crippen molar-refractivity contribution in [2.75, 3.05) is 92.8 Å². The molecule has 0 spiro atoms. The van der Waals surface area contributed by atoms with Crippen molar-refractivity contribution in [3.8, 4) is 0 Å². The monoisotopic (exact) mass is 1960 g/mol. The Kier molecular flexibility index (Phi) is 46.0. The Morgan fingerprint density at radius 2 is 1.18 bits per heavy atom. The molecule has 0 saturated carbocycles.